The summed E-state index contributed by atoms with van der Waals surface area (Å²) in [6.45, 7) is 0. The lowest BCUT2D eigenvalue weighted by Crippen LogP contribution is -2.03. The van der Waals surface area contributed by atoms with Crippen LogP contribution in [0.25, 0.3) is 0 Å². The number of carbonyl (C=O) groups excluding carboxylic acids is 1. The molecule has 0 aromatic carbocycles. The largest absolute Gasteiger partial charge is 0.468 e. The zero-order valence-corrected chi connectivity index (χ0v) is 8.43. The predicted molar refractivity (Wildman–Crippen MR) is 49.8 cm³/mol. The van der Waals surface area contributed by atoms with Gasteiger partial charge >= 0.3 is 5.97 Å². The highest BCUT2D eigenvalue weighted by atomic mass is 35.5. The smallest absolute Gasteiger partial charge is 0.316 e. The Morgan fingerprint density at radius 2 is 2.23 bits per heavy atom. The molecule has 0 fully saturated rings. The Morgan fingerprint density at radius 1 is 1.62 bits per heavy atom. The van der Waals surface area contributed by atoms with Gasteiger partial charge < -0.3 is 4.74 Å². The molecule has 0 aliphatic carbocycles. The third-order valence-corrected chi connectivity index (χ3v) is 2.19. The van der Waals surface area contributed by atoms with E-state index >= 15 is 0 Å². The minimum absolute atomic E-state index is 0.206. The quantitative estimate of drug-likeness (QED) is 0.436. The molecule has 0 bridgehead atoms. The fourth-order valence-electron chi connectivity index (χ4n) is 0.557. The molecule has 0 radical (unpaired) electrons. The van der Waals surface area contributed by atoms with Gasteiger partial charge in [0.2, 0.25) is 0 Å². The zero-order chi connectivity index (χ0) is 9.68. The van der Waals surface area contributed by atoms with Gasteiger partial charge in [0.15, 0.2) is 5.16 Å². The number of aromatic nitrogens is 2. The van der Waals surface area contributed by atoms with E-state index in [1.807, 2.05) is 0 Å². The SMILES string of the molecule is COC(=O)CSc1ncc(Cl)cn1. The first-order valence-corrected chi connectivity index (χ1v) is 4.76. The summed E-state index contributed by atoms with van der Waals surface area (Å²) in [6, 6.07) is 0. The number of hydrogen-bond acceptors (Lipinski definition) is 5. The molecule has 0 unspecified atom stereocenters. The van der Waals surface area contributed by atoms with Gasteiger partial charge in [0.1, 0.15) is 0 Å². The van der Waals surface area contributed by atoms with E-state index in [1.165, 1.54) is 31.3 Å². The van der Waals surface area contributed by atoms with E-state index in [1.54, 1.807) is 0 Å². The summed E-state index contributed by atoms with van der Waals surface area (Å²) in [4.78, 5) is 18.5. The van der Waals surface area contributed by atoms with Crippen LogP contribution in [0.15, 0.2) is 17.6 Å². The zero-order valence-electron chi connectivity index (χ0n) is 6.86. The minimum atomic E-state index is -0.302. The van der Waals surface area contributed by atoms with Crippen molar-refractivity contribution in [2.24, 2.45) is 0 Å². The van der Waals surface area contributed by atoms with Gasteiger partial charge in [0.25, 0.3) is 0 Å². The van der Waals surface area contributed by atoms with E-state index in [0.717, 1.165) is 0 Å². The molecule has 6 heteroatoms. The summed E-state index contributed by atoms with van der Waals surface area (Å²) >= 11 is 6.78. The second-order valence-electron chi connectivity index (χ2n) is 2.05. The second kappa shape index (κ2) is 5.04. The van der Waals surface area contributed by atoms with Crippen LogP contribution in [0, 0.1) is 0 Å². The van der Waals surface area contributed by atoms with Crippen molar-refractivity contribution in [3.8, 4) is 0 Å². The van der Waals surface area contributed by atoms with Crippen LogP contribution >= 0.6 is 23.4 Å². The van der Waals surface area contributed by atoms with Gasteiger partial charge in [-0.2, -0.15) is 0 Å². The van der Waals surface area contributed by atoms with Crippen molar-refractivity contribution in [3.05, 3.63) is 17.4 Å². The number of carbonyl (C=O) groups is 1. The highest BCUT2D eigenvalue weighted by molar-refractivity contribution is 7.99. The van der Waals surface area contributed by atoms with E-state index in [9.17, 15) is 4.79 Å². The number of halogens is 1. The van der Waals surface area contributed by atoms with Gasteiger partial charge in [-0.05, 0) is 0 Å². The predicted octanol–water partition coefficient (Wildman–Crippen LogP) is 1.40. The molecular formula is C7H7ClN2O2S. The van der Waals surface area contributed by atoms with E-state index in [-0.39, 0.29) is 11.7 Å². The van der Waals surface area contributed by atoms with E-state index in [0.29, 0.717) is 10.2 Å². The fourth-order valence-corrected chi connectivity index (χ4v) is 1.27. The summed E-state index contributed by atoms with van der Waals surface area (Å²) in [5.41, 5.74) is 0. The monoisotopic (exact) mass is 218 g/mol. The number of hydrogen-bond donors (Lipinski definition) is 0. The maximum atomic E-state index is 10.7. The Labute approximate surface area is 84.7 Å². The molecule has 0 N–H and O–H groups in total. The van der Waals surface area contributed by atoms with Crippen LogP contribution in [0.2, 0.25) is 5.02 Å². The van der Waals surface area contributed by atoms with Crippen LogP contribution in [-0.2, 0) is 9.53 Å². The molecular weight excluding hydrogens is 212 g/mol. The molecule has 1 aromatic rings. The molecule has 13 heavy (non-hydrogen) atoms. The van der Waals surface area contributed by atoms with Crippen molar-refractivity contribution in [2.45, 2.75) is 5.16 Å². The topological polar surface area (TPSA) is 52.1 Å². The molecule has 0 saturated carbocycles. The van der Waals surface area contributed by atoms with Gasteiger partial charge in [-0.15, -0.1) is 0 Å². The summed E-state index contributed by atoms with van der Waals surface area (Å²) in [6.07, 6.45) is 2.96. The number of ether oxygens (including phenoxy) is 1. The first-order chi connectivity index (χ1) is 6.22. The highest BCUT2D eigenvalue weighted by Crippen LogP contribution is 2.13. The molecule has 0 aliphatic heterocycles. The molecule has 4 nitrogen and oxygen atoms in total. The minimum Gasteiger partial charge on any atom is -0.468 e. The summed E-state index contributed by atoms with van der Waals surface area (Å²) in [7, 11) is 1.34. The Morgan fingerprint density at radius 3 is 2.77 bits per heavy atom. The van der Waals surface area contributed by atoms with Crippen LogP contribution in [0.1, 0.15) is 0 Å². The lowest BCUT2D eigenvalue weighted by molar-refractivity contribution is -0.137. The molecule has 1 rings (SSSR count). The average molecular weight is 219 g/mol. The maximum absolute atomic E-state index is 10.7. The van der Waals surface area contributed by atoms with E-state index in [4.69, 9.17) is 11.6 Å². The van der Waals surface area contributed by atoms with Gasteiger partial charge in [-0.25, -0.2) is 9.97 Å². The van der Waals surface area contributed by atoms with Crippen LogP contribution < -0.4 is 0 Å². The molecule has 0 aliphatic rings. The lowest BCUT2D eigenvalue weighted by Gasteiger charge is -1.97. The number of nitrogens with zero attached hydrogens (tertiary/aromatic N) is 2. The van der Waals surface area contributed by atoms with E-state index in [2.05, 4.69) is 14.7 Å². The van der Waals surface area contributed by atoms with Gasteiger partial charge in [0, 0.05) is 0 Å². The van der Waals surface area contributed by atoms with Crippen LogP contribution in [0.4, 0.5) is 0 Å². The van der Waals surface area contributed by atoms with Gasteiger partial charge in [0.05, 0.1) is 30.3 Å². The standard InChI is InChI=1S/C7H7ClN2O2S/c1-12-6(11)4-13-7-9-2-5(8)3-10-7/h2-3H,4H2,1H3. The third kappa shape index (κ3) is 3.61. The average Bonchev–Trinajstić information content (AvgIpc) is 2.16. The number of thioether (sulfide) groups is 1. The normalized spacial score (nSPS) is 9.69. The van der Waals surface area contributed by atoms with Crippen molar-refractivity contribution < 1.29 is 9.53 Å². The van der Waals surface area contributed by atoms with Crippen molar-refractivity contribution in [2.75, 3.05) is 12.9 Å². The summed E-state index contributed by atoms with van der Waals surface area (Å²) in [5, 5.41) is 0.984. The van der Waals surface area contributed by atoms with Crippen molar-refractivity contribution >= 4 is 29.3 Å². The first-order valence-electron chi connectivity index (χ1n) is 3.39. The van der Waals surface area contributed by atoms with Gasteiger partial charge in [-0.3, -0.25) is 4.79 Å². The van der Waals surface area contributed by atoms with Crippen LogP contribution in [0.3, 0.4) is 0 Å². The fraction of sp³-hybridized carbons (Fsp3) is 0.286. The number of esters is 1. The molecule has 70 valence electrons. The molecule has 0 saturated heterocycles. The molecule has 0 amide bonds. The van der Waals surface area contributed by atoms with Crippen molar-refractivity contribution in [3.63, 3.8) is 0 Å². The highest BCUT2D eigenvalue weighted by Gasteiger charge is 2.03. The van der Waals surface area contributed by atoms with Crippen LogP contribution in [0.5, 0.6) is 0 Å². The van der Waals surface area contributed by atoms with Gasteiger partial charge in [-0.1, -0.05) is 23.4 Å². The Balaban J connectivity index is 2.46. The summed E-state index contributed by atoms with van der Waals surface area (Å²) in [5.74, 6) is -0.0958. The Hall–Kier alpha value is -0.810. The Bertz CT molecular complexity index is 291. The van der Waals surface area contributed by atoms with Crippen molar-refractivity contribution in [1.82, 2.24) is 9.97 Å². The molecule has 0 atom stereocenters. The van der Waals surface area contributed by atoms with Crippen molar-refractivity contribution in [1.29, 1.82) is 0 Å². The Kier molecular flexibility index (Phi) is 3.98. The maximum Gasteiger partial charge on any atom is 0.316 e. The summed E-state index contributed by atoms with van der Waals surface area (Å²) < 4.78 is 4.45. The number of methoxy groups -OCH3 is 1. The number of rotatable bonds is 3. The molecule has 1 aromatic heterocycles. The lowest BCUT2D eigenvalue weighted by atomic mass is 10.7. The van der Waals surface area contributed by atoms with Crippen LogP contribution in [-0.4, -0.2) is 28.8 Å². The third-order valence-electron chi connectivity index (χ3n) is 1.14. The molecule has 0 spiro atoms. The van der Waals surface area contributed by atoms with E-state index < -0.39 is 0 Å². The second-order valence-corrected chi connectivity index (χ2v) is 3.43. The molecule has 1 heterocycles. The first kappa shape index (κ1) is 10.3.